The molecule has 0 unspecified atom stereocenters. The molecule has 6 nitrogen and oxygen atoms in total. The average molecular weight is 378 g/mol. The highest BCUT2D eigenvalue weighted by atomic mass is 32.1. The lowest BCUT2D eigenvalue weighted by Gasteiger charge is -2.17. The van der Waals surface area contributed by atoms with Crippen LogP contribution >= 0.6 is 11.3 Å². The van der Waals surface area contributed by atoms with E-state index >= 15 is 0 Å². The maximum Gasteiger partial charge on any atom is 0.336 e. The van der Waals surface area contributed by atoms with E-state index < -0.39 is 5.97 Å². The van der Waals surface area contributed by atoms with E-state index in [2.05, 4.69) is 12.0 Å². The van der Waals surface area contributed by atoms with Crippen LogP contribution < -0.4 is 0 Å². The van der Waals surface area contributed by atoms with Crippen LogP contribution in [0.5, 0.6) is 0 Å². The maximum absolute atomic E-state index is 11.6. The standard InChI is InChI=1S/C20H18N4O2S/c1-10-7-8-15-14(9-10)16-18-22-17(12-5-3-4-6-13(12)20(25)26)23-24(18)11(2)21-19(16)27-15/h3-6,10H,7-9H2,1-2H3,(H,25,26)/t10-/m0/s1. The van der Waals surface area contributed by atoms with Crippen molar-refractivity contribution in [3.63, 3.8) is 0 Å². The zero-order chi connectivity index (χ0) is 18.7. The molecule has 0 spiro atoms. The highest BCUT2D eigenvalue weighted by Crippen LogP contribution is 2.39. The molecular formula is C20H18N4O2S. The van der Waals surface area contributed by atoms with E-state index in [1.807, 2.05) is 13.0 Å². The average Bonchev–Trinajstić information content (AvgIpc) is 3.23. The van der Waals surface area contributed by atoms with Crippen LogP contribution in [0.2, 0.25) is 0 Å². The monoisotopic (exact) mass is 378 g/mol. The van der Waals surface area contributed by atoms with Gasteiger partial charge in [-0.3, -0.25) is 0 Å². The second kappa shape index (κ2) is 5.85. The van der Waals surface area contributed by atoms with E-state index in [9.17, 15) is 9.90 Å². The molecule has 1 aromatic carbocycles. The molecule has 7 heteroatoms. The summed E-state index contributed by atoms with van der Waals surface area (Å²) in [4.78, 5) is 23.5. The Kier molecular flexibility index (Phi) is 3.55. The Morgan fingerprint density at radius 2 is 2.11 bits per heavy atom. The van der Waals surface area contributed by atoms with Crippen molar-refractivity contribution in [2.75, 3.05) is 0 Å². The Hall–Kier alpha value is -2.80. The number of fused-ring (bicyclic) bond motifs is 5. The number of nitrogens with zero attached hydrogens (tertiary/aromatic N) is 4. The maximum atomic E-state index is 11.6. The van der Waals surface area contributed by atoms with Gasteiger partial charge >= 0.3 is 5.97 Å². The third-order valence-electron chi connectivity index (χ3n) is 5.29. The molecule has 1 atom stereocenters. The molecule has 0 radical (unpaired) electrons. The summed E-state index contributed by atoms with van der Waals surface area (Å²) in [5.41, 5.74) is 2.85. The Bertz CT molecular complexity index is 1220. The highest BCUT2D eigenvalue weighted by molar-refractivity contribution is 7.19. The fourth-order valence-electron chi connectivity index (χ4n) is 3.93. The molecule has 0 saturated carbocycles. The number of carboxylic acid groups (broad SMARTS) is 1. The second-order valence-electron chi connectivity index (χ2n) is 7.21. The first-order chi connectivity index (χ1) is 13.0. The fraction of sp³-hybridized carbons (Fsp3) is 0.300. The Morgan fingerprint density at radius 1 is 1.30 bits per heavy atom. The van der Waals surface area contributed by atoms with Crippen molar-refractivity contribution in [2.24, 2.45) is 5.92 Å². The van der Waals surface area contributed by atoms with E-state index in [0.717, 1.165) is 34.5 Å². The third kappa shape index (κ3) is 2.45. The first-order valence-corrected chi connectivity index (χ1v) is 9.85. The molecule has 0 bridgehead atoms. The summed E-state index contributed by atoms with van der Waals surface area (Å²) in [5.74, 6) is 0.850. The van der Waals surface area contributed by atoms with Gasteiger partial charge in [-0.2, -0.15) is 4.52 Å². The number of rotatable bonds is 2. The van der Waals surface area contributed by atoms with Crippen LogP contribution in [0.15, 0.2) is 24.3 Å². The number of hydrogen-bond acceptors (Lipinski definition) is 5. The minimum atomic E-state index is -0.980. The molecule has 136 valence electrons. The molecule has 0 amide bonds. The Labute approximate surface area is 159 Å². The number of aryl methyl sites for hydroxylation is 2. The van der Waals surface area contributed by atoms with Gasteiger partial charge in [-0.05, 0) is 43.7 Å². The molecule has 3 heterocycles. The number of thiophene rings is 1. The van der Waals surface area contributed by atoms with E-state index in [1.165, 1.54) is 16.9 Å². The lowest BCUT2D eigenvalue weighted by molar-refractivity contribution is 0.0697. The number of hydrogen-bond donors (Lipinski definition) is 1. The molecule has 27 heavy (non-hydrogen) atoms. The fourth-order valence-corrected chi connectivity index (χ4v) is 5.18. The van der Waals surface area contributed by atoms with Crippen molar-refractivity contribution in [3.05, 3.63) is 46.1 Å². The van der Waals surface area contributed by atoms with Crippen LogP contribution in [0.25, 0.3) is 27.3 Å². The van der Waals surface area contributed by atoms with Gasteiger partial charge in [0.1, 0.15) is 10.7 Å². The van der Waals surface area contributed by atoms with E-state index in [0.29, 0.717) is 17.3 Å². The quantitative estimate of drug-likeness (QED) is 0.567. The molecule has 0 aliphatic heterocycles. The predicted molar refractivity (Wildman–Crippen MR) is 104 cm³/mol. The van der Waals surface area contributed by atoms with Crippen molar-refractivity contribution >= 4 is 33.2 Å². The highest BCUT2D eigenvalue weighted by Gasteiger charge is 2.25. The van der Waals surface area contributed by atoms with E-state index in [4.69, 9.17) is 9.97 Å². The topological polar surface area (TPSA) is 80.4 Å². The molecule has 1 N–H and O–H groups in total. The van der Waals surface area contributed by atoms with Gasteiger partial charge < -0.3 is 5.11 Å². The summed E-state index contributed by atoms with van der Waals surface area (Å²) in [6.45, 7) is 4.19. The van der Waals surface area contributed by atoms with Crippen LogP contribution in [-0.2, 0) is 12.8 Å². The number of carbonyl (C=O) groups is 1. The molecule has 0 fully saturated rings. The van der Waals surface area contributed by atoms with Gasteiger partial charge in [0.25, 0.3) is 0 Å². The summed E-state index contributed by atoms with van der Waals surface area (Å²) < 4.78 is 1.75. The number of aromatic carboxylic acids is 1. The largest absolute Gasteiger partial charge is 0.478 e. The summed E-state index contributed by atoms with van der Waals surface area (Å²) >= 11 is 1.76. The Balaban J connectivity index is 1.81. The van der Waals surface area contributed by atoms with Gasteiger partial charge in [-0.1, -0.05) is 25.1 Å². The SMILES string of the molecule is Cc1nc2sc3c(c2c2nc(-c4ccccc4C(=O)O)nn12)C[C@@H](C)CC3. The normalized spacial score (nSPS) is 16.7. The van der Waals surface area contributed by atoms with Crippen LogP contribution in [0.3, 0.4) is 0 Å². The smallest absolute Gasteiger partial charge is 0.336 e. The molecule has 4 aromatic rings. The van der Waals surface area contributed by atoms with Crippen molar-refractivity contribution in [3.8, 4) is 11.4 Å². The van der Waals surface area contributed by atoms with Gasteiger partial charge in [-0.15, -0.1) is 16.4 Å². The summed E-state index contributed by atoms with van der Waals surface area (Å²) in [6, 6.07) is 6.86. The van der Waals surface area contributed by atoms with Crippen LogP contribution in [0.4, 0.5) is 0 Å². The Morgan fingerprint density at radius 3 is 2.93 bits per heavy atom. The summed E-state index contributed by atoms with van der Waals surface area (Å²) in [6.07, 6.45) is 3.33. The van der Waals surface area contributed by atoms with Crippen molar-refractivity contribution < 1.29 is 9.90 Å². The molecular weight excluding hydrogens is 360 g/mol. The first-order valence-electron chi connectivity index (χ1n) is 9.03. The van der Waals surface area contributed by atoms with Crippen LogP contribution in [0.1, 0.15) is 40.0 Å². The van der Waals surface area contributed by atoms with Gasteiger partial charge in [0.05, 0.1) is 10.9 Å². The molecule has 5 rings (SSSR count). The van der Waals surface area contributed by atoms with E-state index in [1.54, 1.807) is 34.1 Å². The summed E-state index contributed by atoms with van der Waals surface area (Å²) in [5, 5.41) is 15.2. The lowest BCUT2D eigenvalue weighted by atomic mass is 9.89. The van der Waals surface area contributed by atoms with Gasteiger partial charge in [0.2, 0.25) is 0 Å². The van der Waals surface area contributed by atoms with Gasteiger partial charge in [-0.25, -0.2) is 14.8 Å². The van der Waals surface area contributed by atoms with Crippen LogP contribution in [-0.4, -0.2) is 30.7 Å². The van der Waals surface area contributed by atoms with Crippen molar-refractivity contribution in [1.82, 2.24) is 19.6 Å². The minimum Gasteiger partial charge on any atom is -0.478 e. The number of carboxylic acids is 1. The number of benzene rings is 1. The molecule has 1 aliphatic rings. The first kappa shape index (κ1) is 16.4. The van der Waals surface area contributed by atoms with E-state index in [-0.39, 0.29) is 5.56 Å². The zero-order valence-corrected chi connectivity index (χ0v) is 15.9. The number of aromatic nitrogens is 4. The minimum absolute atomic E-state index is 0.205. The van der Waals surface area contributed by atoms with Crippen molar-refractivity contribution in [1.29, 1.82) is 0 Å². The predicted octanol–water partition coefficient (Wildman–Crippen LogP) is 4.14. The zero-order valence-electron chi connectivity index (χ0n) is 15.1. The van der Waals surface area contributed by atoms with Crippen LogP contribution in [0, 0.1) is 12.8 Å². The second-order valence-corrected chi connectivity index (χ2v) is 8.30. The van der Waals surface area contributed by atoms with Gasteiger partial charge in [0, 0.05) is 10.4 Å². The lowest BCUT2D eigenvalue weighted by Crippen LogP contribution is -2.09. The van der Waals surface area contributed by atoms with Crippen molar-refractivity contribution in [2.45, 2.75) is 33.1 Å². The van der Waals surface area contributed by atoms with Gasteiger partial charge in [0.15, 0.2) is 11.5 Å². The molecule has 3 aromatic heterocycles. The summed E-state index contributed by atoms with van der Waals surface area (Å²) in [7, 11) is 0. The third-order valence-corrected chi connectivity index (χ3v) is 6.47. The molecule has 1 aliphatic carbocycles. The molecule has 0 saturated heterocycles.